The van der Waals surface area contributed by atoms with Gasteiger partial charge in [0.05, 0.1) is 12.6 Å². The standard InChI is InChI=1S/C15H19FN4O2/c1-8-5-12(6-9(2)14(8)16)10(3)18-15(21)17-7-13-19-11(4)22-20-13/h5-6,10H,7H2,1-4H3,(H2,17,18,21)/t10-/m1/s1. The third-order valence-corrected chi connectivity index (χ3v) is 3.28. The Kier molecular flexibility index (Phi) is 4.75. The van der Waals surface area contributed by atoms with Crippen LogP contribution in [0, 0.1) is 26.6 Å². The van der Waals surface area contributed by atoms with Crippen molar-refractivity contribution in [3.63, 3.8) is 0 Å². The Labute approximate surface area is 128 Å². The highest BCUT2D eigenvalue weighted by Gasteiger charge is 2.13. The summed E-state index contributed by atoms with van der Waals surface area (Å²) in [6.45, 7) is 7.10. The maximum absolute atomic E-state index is 13.6. The van der Waals surface area contributed by atoms with Crippen molar-refractivity contribution in [2.45, 2.75) is 40.3 Å². The van der Waals surface area contributed by atoms with Gasteiger partial charge in [-0.15, -0.1) is 0 Å². The molecule has 0 aliphatic heterocycles. The van der Waals surface area contributed by atoms with Crippen LogP contribution in [0.5, 0.6) is 0 Å². The molecule has 0 spiro atoms. The van der Waals surface area contributed by atoms with Crippen LogP contribution in [0.25, 0.3) is 0 Å². The summed E-state index contributed by atoms with van der Waals surface area (Å²) < 4.78 is 18.4. The molecule has 7 heteroatoms. The lowest BCUT2D eigenvalue weighted by atomic mass is 10.0. The molecular formula is C15H19FN4O2. The molecule has 2 amide bonds. The molecule has 6 nitrogen and oxygen atoms in total. The van der Waals surface area contributed by atoms with Crippen LogP contribution < -0.4 is 10.6 Å². The molecule has 1 heterocycles. The molecule has 118 valence electrons. The quantitative estimate of drug-likeness (QED) is 0.910. The minimum absolute atomic E-state index is 0.178. The number of hydrogen-bond donors (Lipinski definition) is 2. The van der Waals surface area contributed by atoms with E-state index in [-0.39, 0.29) is 24.4 Å². The van der Waals surface area contributed by atoms with Crippen LogP contribution in [0.1, 0.15) is 41.4 Å². The average molecular weight is 306 g/mol. The summed E-state index contributed by atoms with van der Waals surface area (Å²) in [4.78, 5) is 15.9. The number of urea groups is 1. The Morgan fingerprint density at radius 1 is 1.32 bits per heavy atom. The van der Waals surface area contributed by atoms with E-state index in [4.69, 9.17) is 4.52 Å². The summed E-state index contributed by atoms with van der Waals surface area (Å²) in [5.41, 5.74) is 1.97. The van der Waals surface area contributed by atoms with E-state index in [1.54, 1.807) is 32.9 Å². The number of aryl methyl sites for hydroxylation is 3. The smallest absolute Gasteiger partial charge is 0.315 e. The number of nitrogens with one attached hydrogen (secondary N) is 2. The van der Waals surface area contributed by atoms with Gasteiger partial charge in [-0.2, -0.15) is 4.98 Å². The molecule has 22 heavy (non-hydrogen) atoms. The number of amides is 2. The van der Waals surface area contributed by atoms with Gasteiger partial charge in [0, 0.05) is 6.92 Å². The molecule has 0 fully saturated rings. The highest BCUT2D eigenvalue weighted by Crippen LogP contribution is 2.19. The van der Waals surface area contributed by atoms with Gasteiger partial charge in [0.15, 0.2) is 5.82 Å². The number of benzene rings is 1. The number of aromatic nitrogens is 2. The SMILES string of the molecule is Cc1nc(CNC(=O)N[C@H](C)c2cc(C)c(F)c(C)c2)no1. The molecule has 0 aliphatic rings. The highest BCUT2D eigenvalue weighted by molar-refractivity contribution is 5.74. The van der Waals surface area contributed by atoms with Crippen molar-refractivity contribution >= 4 is 6.03 Å². The Balaban J connectivity index is 1.93. The second-order valence-corrected chi connectivity index (χ2v) is 5.25. The zero-order valence-corrected chi connectivity index (χ0v) is 13.0. The first-order chi connectivity index (χ1) is 10.4. The van der Waals surface area contributed by atoms with Gasteiger partial charge in [-0.05, 0) is 37.5 Å². The van der Waals surface area contributed by atoms with Crippen LogP contribution in [0.15, 0.2) is 16.7 Å². The van der Waals surface area contributed by atoms with Crippen molar-refractivity contribution in [3.05, 3.63) is 46.4 Å². The normalized spacial score (nSPS) is 12.0. The van der Waals surface area contributed by atoms with Crippen LogP contribution in [-0.2, 0) is 6.54 Å². The molecule has 0 radical (unpaired) electrons. The lowest BCUT2D eigenvalue weighted by Crippen LogP contribution is -2.36. The Hall–Kier alpha value is -2.44. The number of carbonyl (C=O) groups excluding carboxylic acids is 1. The second-order valence-electron chi connectivity index (χ2n) is 5.25. The van der Waals surface area contributed by atoms with Crippen LogP contribution in [-0.4, -0.2) is 16.2 Å². The van der Waals surface area contributed by atoms with Crippen molar-refractivity contribution in [2.24, 2.45) is 0 Å². The van der Waals surface area contributed by atoms with Gasteiger partial charge in [0.1, 0.15) is 5.82 Å². The minimum atomic E-state index is -0.352. The molecular weight excluding hydrogens is 287 g/mol. The largest absolute Gasteiger partial charge is 0.340 e. The molecule has 1 aromatic heterocycles. The number of halogens is 1. The summed E-state index contributed by atoms with van der Waals surface area (Å²) in [5.74, 6) is 0.643. The number of rotatable bonds is 4. The van der Waals surface area contributed by atoms with E-state index < -0.39 is 0 Å². The van der Waals surface area contributed by atoms with Crippen molar-refractivity contribution in [1.29, 1.82) is 0 Å². The van der Waals surface area contributed by atoms with E-state index in [0.29, 0.717) is 22.8 Å². The van der Waals surface area contributed by atoms with E-state index >= 15 is 0 Å². The van der Waals surface area contributed by atoms with Gasteiger partial charge in [0.25, 0.3) is 0 Å². The highest BCUT2D eigenvalue weighted by atomic mass is 19.1. The topological polar surface area (TPSA) is 80.0 Å². The number of nitrogens with zero attached hydrogens (tertiary/aromatic N) is 2. The first-order valence-electron chi connectivity index (χ1n) is 6.97. The van der Waals surface area contributed by atoms with Gasteiger partial charge < -0.3 is 15.2 Å². The van der Waals surface area contributed by atoms with Crippen LogP contribution in [0.4, 0.5) is 9.18 Å². The molecule has 0 aliphatic carbocycles. The molecule has 2 aromatic rings. The van der Waals surface area contributed by atoms with Gasteiger partial charge >= 0.3 is 6.03 Å². The van der Waals surface area contributed by atoms with Crippen molar-refractivity contribution in [3.8, 4) is 0 Å². The van der Waals surface area contributed by atoms with E-state index in [2.05, 4.69) is 20.8 Å². The lowest BCUT2D eigenvalue weighted by Gasteiger charge is -2.16. The van der Waals surface area contributed by atoms with Crippen molar-refractivity contribution in [2.75, 3.05) is 0 Å². The molecule has 0 saturated heterocycles. The van der Waals surface area contributed by atoms with Crippen LogP contribution in [0.3, 0.4) is 0 Å². The fraction of sp³-hybridized carbons (Fsp3) is 0.400. The van der Waals surface area contributed by atoms with Crippen LogP contribution >= 0.6 is 0 Å². The maximum atomic E-state index is 13.6. The Morgan fingerprint density at radius 2 is 1.95 bits per heavy atom. The number of carbonyl (C=O) groups is 1. The fourth-order valence-electron chi connectivity index (χ4n) is 2.13. The molecule has 2 rings (SSSR count). The third kappa shape index (κ3) is 3.81. The second kappa shape index (κ2) is 6.55. The predicted molar refractivity (Wildman–Crippen MR) is 78.7 cm³/mol. The zero-order valence-electron chi connectivity index (χ0n) is 13.0. The minimum Gasteiger partial charge on any atom is -0.340 e. The van der Waals surface area contributed by atoms with Gasteiger partial charge in [-0.3, -0.25) is 0 Å². The van der Waals surface area contributed by atoms with Gasteiger partial charge in [0.2, 0.25) is 5.89 Å². The van der Waals surface area contributed by atoms with Crippen molar-refractivity contribution < 1.29 is 13.7 Å². The summed E-state index contributed by atoms with van der Waals surface area (Å²) in [5, 5.41) is 9.12. The van der Waals surface area contributed by atoms with Crippen molar-refractivity contribution in [1.82, 2.24) is 20.8 Å². The molecule has 0 bridgehead atoms. The zero-order chi connectivity index (χ0) is 16.3. The van der Waals surface area contributed by atoms with Gasteiger partial charge in [-0.25, -0.2) is 9.18 Å². The maximum Gasteiger partial charge on any atom is 0.315 e. The van der Waals surface area contributed by atoms with E-state index in [1.165, 1.54) is 0 Å². The van der Waals surface area contributed by atoms with Crippen LogP contribution in [0.2, 0.25) is 0 Å². The fourth-order valence-corrected chi connectivity index (χ4v) is 2.13. The van der Waals surface area contributed by atoms with E-state index in [9.17, 15) is 9.18 Å². The summed E-state index contributed by atoms with van der Waals surface area (Å²) in [7, 11) is 0. The summed E-state index contributed by atoms with van der Waals surface area (Å²) in [6, 6.07) is 2.87. The Morgan fingerprint density at radius 3 is 2.50 bits per heavy atom. The van der Waals surface area contributed by atoms with E-state index in [0.717, 1.165) is 5.56 Å². The molecule has 0 unspecified atom stereocenters. The molecule has 0 saturated carbocycles. The number of hydrogen-bond acceptors (Lipinski definition) is 4. The monoisotopic (exact) mass is 306 g/mol. The summed E-state index contributed by atoms with van der Waals surface area (Å²) in [6.07, 6.45) is 0. The third-order valence-electron chi connectivity index (χ3n) is 3.28. The molecule has 1 aromatic carbocycles. The first-order valence-corrected chi connectivity index (χ1v) is 6.97. The molecule has 1 atom stereocenters. The first kappa shape index (κ1) is 15.9. The average Bonchev–Trinajstić information content (AvgIpc) is 2.87. The molecule has 2 N–H and O–H groups in total. The predicted octanol–water partition coefficient (Wildman–Crippen LogP) is 2.69. The van der Waals surface area contributed by atoms with E-state index in [1.807, 2.05) is 6.92 Å². The summed E-state index contributed by atoms with van der Waals surface area (Å²) >= 11 is 0. The van der Waals surface area contributed by atoms with Gasteiger partial charge in [-0.1, -0.05) is 17.3 Å². The lowest BCUT2D eigenvalue weighted by molar-refractivity contribution is 0.237. The Bertz CT molecular complexity index is 661.